The van der Waals surface area contributed by atoms with Crippen LogP contribution in [0.3, 0.4) is 0 Å². The maximum atomic E-state index is 13.8. The predicted molar refractivity (Wildman–Crippen MR) is 144 cm³/mol. The molecule has 38 heavy (non-hydrogen) atoms. The molecule has 4 heterocycles. The number of fused-ring (bicyclic) bond motifs is 1. The summed E-state index contributed by atoms with van der Waals surface area (Å²) in [6.07, 6.45) is 6.76. The number of carbonyl (C=O) groups excluding carboxylic acids is 2. The number of pyridine rings is 1. The second-order valence-electron chi connectivity index (χ2n) is 9.50. The molecule has 1 fully saturated rings. The van der Waals surface area contributed by atoms with Crippen LogP contribution in [0.1, 0.15) is 41.4 Å². The molecule has 8 nitrogen and oxygen atoms in total. The van der Waals surface area contributed by atoms with Crippen molar-refractivity contribution < 1.29 is 23.8 Å². The summed E-state index contributed by atoms with van der Waals surface area (Å²) in [4.78, 5) is 35.2. The van der Waals surface area contributed by atoms with Crippen LogP contribution < -0.4 is 14.5 Å². The highest BCUT2D eigenvalue weighted by Crippen LogP contribution is 2.43. The molecule has 2 aliphatic heterocycles. The van der Waals surface area contributed by atoms with Gasteiger partial charge in [0.2, 0.25) is 5.78 Å². The number of hydrogen-bond acceptors (Lipinski definition) is 7. The molecule has 2 aliphatic rings. The van der Waals surface area contributed by atoms with Gasteiger partial charge in [-0.25, -0.2) is 0 Å². The third kappa shape index (κ3) is 3.98. The van der Waals surface area contributed by atoms with Gasteiger partial charge in [-0.05, 0) is 73.4 Å². The zero-order valence-corrected chi connectivity index (χ0v) is 21.0. The number of furan rings is 1. The van der Waals surface area contributed by atoms with E-state index in [0.29, 0.717) is 28.0 Å². The SMILES string of the molecule is COc1cccc2cc(C(=O)C3=C(O)C(=O)N(c4ccc(N5CCCCC5)cc4)C3c3ccncc3)oc12. The lowest BCUT2D eigenvalue weighted by atomic mass is 9.95. The number of para-hydroxylation sites is 1. The van der Waals surface area contributed by atoms with E-state index in [9.17, 15) is 14.7 Å². The van der Waals surface area contributed by atoms with Gasteiger partial charge in [-0.1, -0.05) is 12.1 Å². The monoisotopic (exact) mass is 509 g/mol. The van der Waals surface area contributed by atoms with Crippen LogP contribution >= 0.6 is 0 Å². The highest BCUT2D eigenvalue weighted by atomic mass is 16.5. The van der Waals surface area contributed by atoms with Gasteiger partial charge in [0.1, 0.15) is 0 Å². The van der Waals surface area contributed by atoms with Crippen LogP contribution in [-0.2, 0) is 4.79 Å². The van der Waals surface area contributed by atoms with Gasteiger partial charge in [-0.2, -0.15) is 0 Å². The number of Topliss-reactive ketones (excluding diaryl/α,β-unsaturated/α-hetero) is 1. The number of anilines is 2. The van der Waals surface area contributed by atoms with Crippen molar-refractivity contribution in [3.63, 3.8) is 0 Å². The number of benzene rings is 2. The minimum atomic E-state index is -0.853. The number of ether oxygens (including phenoxy) is 1. The number of amides is 1. The van der Waals surface area contributed by atoms with Crippen LogP contribution in [-0.4, -0.2) is 42.0 Å². The van der Waals surface area contributed by atoms with Crippen molar-refractivity contribution in [1.29, 1.82) is 0 Å². The summed E-state index contributed by atoms with van der Waals surface area (Å²) in [5.41, 5.74) is 2.70. The van der Waals surface area contributed by atoms with E-state index in [1.807, 2.05) is 30.3 Å². The van der Waals surface area contributed by atoms with E-state index in [1.165, 1.54) is 18.4 Å². The molecular weight excluding hydrogens is 482 g/mol. The first-order valence-electron chi connectivity index (χ1n) is 12.7. The molecule has 0 radical (unpaired) electrons. The number of carbonyl (C=O) groups is 2. The second kappa shape index (κ2) is 9.70. The number of methoxy groups -OCH3 is 1. The summed E-state index contributed by atoms with van der Waals surface area (Å²) in [7, 11) is 1.52. The van der Waals surface area contributed by atoms with Gasteiger partial charge >= 0.3 is 0 Å². The number of rotatable bonds is 6. The number of nitrogens with zero attached hydrogens (tertiary/aromatic N) is 3. The van der Waals surface area contributed by atoms with Crippen LogP contribution in [0.2, 0.25) is 0 Å². The molecule has 6 rings (SSSR count). The molecule has 4 aromatic rings. The molecule has 1 saturated heterocycles. The van der Waals surface area contributed by atoms with E-state index < -0.39 is 23.5 Å². The molecule has 0 bridgehead atoms. The standard InChI is InChI=1S/C30H27N3O5/c1-37-23-7-5-6-20-18-24(38-29(20)23)27(34)25-26(19-12-14-31-15-13-19)33(30(36)28(25)35)22-10-8-21(9-11-22)32-16-3-2-4-17-32/h5-15,18,26,35H,2-4,16-17H2,1H3. The predicted octanol–water partition coefficient (Wildman–Crippen LogP) is 5.61. The fraction of sp³-hybridized carbons (Fsp3) is 0.233. The zero-order valence-electron chi connectivity index (χ0n) is 21.0. The first-order chi connectivity index (χ1) is 18.6. The Morgan fingerprint density at radius 2 is 1.71 bits per heavy atom. The first kappa shape index (κ1) is 23.8. The van der Waals surface area contributed by atoms with E-state index in [0.717, 1.165) is 31.6 Å². The number of aliphatic hydroxyl groups is 1. The van der Waals surface area contributed by atoms with E-state index in [1.54, 1.807) is 42.7 Å². The summed E-state index contributed by atoms with van der Waals surface area (Å²) >= 11 is 0. The van der Waals surface area contributed by atoms with Gasteiger partial charge in [0, 0.05) is 42.2 Å². The third-order valence-corrected chi connectivity index (χ3v) is 7.28. The number of ketones is 1. The summed E-state index contributed by atoms with van der Waals surface area (Å²) in [6, 6.07) is 17.3. The van der Waals surface area contributed by atoms with E-state index in [4.69, 9.17) is 9.15 Å². The van der Waals surface area contributed by atoms with Gasteiger partial charge in [0.05, 0.1) is 18.7 Å². The molecule has 0 aliphatic carbocycles. The maximum Gasteiger partial charge on any atom is 0.294 e. The molecule has 8 heteroatoms. The quantitative estimate of drug-likeness (QED) is 0.338. The summed E-state index contributed by atoms with van der Waals surface area (Å²) in [5.74, 6) is -1.30. The number of aromatic nitrogens is 1. The van der Waals surface area contributed by atoms with Crippen molar-refractivity contribution >= 4 is 34.0 Å². The molecule has 1 unspecified atom stereocenters. The van der Waals surface area contributed by atoms with Crippen molar-refractivity contribution in [2.45, 2.75) is 25.3 Å². The van der Waals surface area contributed by atoms with E-state index in [-0.39, 0.29) is 11.3 Å². The lowest BCUT2D eigenvalue weighted by molar-refractivity contribution is -0.117. The molecule has 1 amide bonds. The average molecular weight is 510 g/mol. The Balaban J connectivity index is 1.40. The van der Waals surface area contributed by atoms with Crippen molar-refractivity contribution in [1.82, 2.24) is 4.98 Å². The lowest BCUT2D eigenvalue weighted by Gasteiger charge is -2.30. The molecule has 1 atom stereocenters. The Hall–Kier alpha value is -4.59. The normalized spacial score (nSPS) is 17.9. The average Bonchev–Trinajstić information content (AvgIpc) is 3.53. The maximum absolute atomic E-state index is 13.8. The van der Waals surface area contributed by atoms with Gasteiger partial charge in [0.15, 0.2) is 22.9 Å². The number of hydrogen-bond donors (Lipinski definition) is 1. The summed E-state index contributed by atoms with van der Waals surface area (Å²) < 4.78 is 11.3. The largest absolute Gasteiger partial charge is 0.503 e. The minimum absolute atomic E-state index is 0.0141. The Kier molecular flexibility index (Phi) is 6.07. The third-order valence-electron chi connectivity index (χ3n) is 7.28. The van der Waals surface area contributed by atoms with Crippen LogP contribution in [0.4, 0.5) is 11.4 Å². The fourth-order valence-electron chi connectivity index (χ4n) is 5.38. The Morgan fingerprint density at radius 1 is 1.00 bits per heavy atom. The van der Waals surface area contributed by atoms with E-state index in [2.05, 4.69) is 9.88 Å². The van der Waals surface area contributed by atoms with Crippen LogP contribution in [0.5, 0.6) is 5.75 Å². The molecule has 2 aromatic carbocycles. The number of aliphatic hydroxyl groups excluding tert-OH is 1. The molecule has 2 aromatic heterocycles. The van der Waals surface area contributed by atoms with Gasteiger partial charge < -0.3 is 19.2 Å². The van der Waals surface area contributed by atoms with Crippen molar-refractivity contribution in [3.05, 3.63) is 95.7 Å². The minimum Gasteiger partial charge on any atom is -0.503 e. The fourth-order valence-corrected chi connectivity index (χ4v) is 5.38. The molecule has 192 valence electrons. The van der Waals surface area contributed by atoms with Crippen molar-refractivity contribution in [2.75, 3.05) is 30.0 Å². The van der Waals surface area contributed by atoms with Crippen LogP contribution in [0, 0.1) is 0 Å². The molecule has 1 N–H and O–H groups in total. The lowest BCUT2D eigenvalue weighted by Crippen LogP contribution is -2.31. The van der Waals surface area contributed by atoms with Crippen molar-refractivity contribution in [3.8, 4) is 5.75 Å². The van der Waals surface area contributed by atoms with Gasteiger partial charge in [0.25, 0.3) is 5.91 Å². The van der Waals surface area contributed by atoms with Crippen molar-refractivity contribution in [2.24, 2.45) is 0 Å². The molecule has 0 saturated carbocycles. The smallest absolute Gasteiger partial charge is 0.294 e. The summed E-state index contributed by atoms with van der Waals surface area (Å²) in [5, 5.41) is 11.7. The van der Waals surface area contributed by atoms with E-state index >= 15 is 0 Å². The summed E-state index contributed by atoms with van der Waals surface area (Å²) in [6.45, 7) is 2.01. The highest BCUT2D eigenvalue weighted by molar-refractivity contribution is 6.20. The Labute approximate surface area is 219 Å². The van der Waals surface area contributed by atoms with Gasteiger partial charge in [-0.15, -0.1) is 0 Å². The first-order valence-corrected chi connectivity index (χ1v) is 12.7. The van der Waals surface area contributed by atoms with Crippen LogP contribution in [0.25, 0.3) is 11.0 Å². The topological polar surface area (TPSA) is 96.1 Å². The Bertz CT molecular complexity index is 1540. The zero-order chi connectivity index (χ0) is 26.2. The second-order valence-corrected chi connectivity index (χ2v) is 9.50. The molecule has 0 spiro atoms. The Morgan fingerprint density at radius 3 is 2.42 bits per heavy atom. The highest BCUT2D eigenvalue weighted by Gasteiger charge is 2.45. The molecular formula is C30H27N3O5. The van der Waals surface area contributed by atoms with Gasteiger partial charge in [-0.3, -0.25) is 19.5 Å². The number of piperidine rings is 1. The van der Waals surface area contributed by atoms with Crippen LogP contribution in [0.15, 0.2) is 88.8 Å².